The van der Waals surface area contributed by atoms with Gasteiger partial charge in [0.15, 0.2) is 0 Å². The highest BCUT2D eigenvalue weighted by molar-refractivity contribution is 9.10. The summed E-state index contributed by atoms with van der Waals surface area (Å²) in [5.74, 6) is 0.527. The summed E-state index contributed by atoms with van der Waals surface area (Å²) in [4.78, 5) is 0. The molecule has 1 aliphatic rings. The molecule has 1 aliphatic carbocycles. The average molecular weight is 352 g/mol. The molecule has 0 unspecified atom stereocenters. The van der Waals surface area contributed by atoms with E-state index in [0.717, 1.165) is 17.3 Å². The van der Waals surface area contributed by atoms with Crippen molar-refractivity contribution in [1.29, 1.82) is 0 Å². The van der Waals surface area contributed by atoms with Gasteiger partial charge in [-0.25, -0.2) is 0 Å². The van der Waals surface area contributed by atoms with Crippen molar-refractivity contribution < 1.29 is 17.9 Å². The second-order valence-corrected chi connectivity index (χ2v) is 5.86. The molecule has 0 atom stereocenters. The molecule has 20 heavy (non-hydrogen) atoms. The molecular formula is C14H17BrF3NO. The first kappa shape index (κ1) is 15.8. The highest BCUT2D eigenvalue weighted by atomic mass is 79.9. The predicted octanol–water partition coefficient (Wildman–Crippen LogP) is 3.86. The van der Waals surface area contributed by atoms with Crippen molar-refractivity contribution in [3.63, 3.8) is 0 Å². The highest BCUT2D eigenvalue weighted by Gasteiger charge is 2.31. The molecule has 0 amide bonds. The number of alkyl halides is 3. The largest absolute Gasteiger partial charge is 0.411 e. The third-order valence-corrected chi connectivity index (χ3v) is 4.15. The maximum Gasteiger partial charge on any atom is 0.411 e. The van der Waals surface area contributed by atoms with E-state index < -0.39 is 12.8 Å². The van der Waals surface area contributed by atoms with Gasteiger partial charge in [0.05, 0.1) is 6.61 Å². The van der Waals surface area contributed by atoms with E-state index in [4.69, 9.17) is 0 Å². The van der Waals surface area contributed by atoms with Crippen molar-refractivity contribution in [3.8, 4) is 0 Å². The van der Waals surface area contributed by atoms with Crippen LogP contribution in [-0.4, -0.2) is 32.0 Å². The SMILES string of the molecule is FC(F)(F)COCCNC1CC(c2ccccc2Br)C1. The van der Waals surface area contributed by atoms with Gasteiger partial charge in [0.25, 0.3) is 0 Å². The van der Waals surface area contributed by atoms with E-state index in [1.165, 1.54) is 5.56 Å². The fraction of sp³-hybridized carbons (Fsp3) is 0.571. The van der Waals surface area contributed by atoms with E-state index in [-0.39, 0.29) is 6.61 Å². The molecule has 0 aliphatic heterocycles. The molecule has 0 saturated heterocycles. The highest BCUT2D eigenvalue weighted by Crippen LogP contribution is 2.39. The summed E-state index contributed by atoms with van der Waals surface area (Å²) in [6, 6.07) is 8.52. The lowest BCUT2D eigenvalue weighted by molar-refractivity contribution is -0.173. The Kier molecular flexibility index (Phi) is 5.46. The van der Waals surface area contributed by atoms with Gasteiger partial charge in [0, 0.05) is 17.1 Å². The van der Waals surface area contributed by atoms with E-state index in [1.807, 2.05) is 18.2 Å². The molecule has 0 radical (unpaired) electrons. The standard InChI is InChI=1S/C14H17BrF3NO/c15-13-4-2-1-3-12(13)10-7-11(8-10)19-5-6-20-9-14(16,17)18/h1-4,10-11,19H,5-9H2. The van der Waals surface area contributed by atoms with Gasteiger partial charge in [-0.05, 0) is 30.4 Å². The first-order valence-corrected chi connectivity index (χ1v) is 7.37. The molecule has 2 rings (SSSR count). The van der Waals surface area contributed by atoms with Crippen LogP contribution < -0.4 is 5.32 Å². The van der Waals surface area contributed by atoms with Crippen LogP contribution in [0.15, 0.2) is 28.7 Å². The summed E-state index contributed by atoms with van der Waals surface area (Å²) in [5.41, 5.74) is 1.30. The first-order chi connectivity index (χ1) is 9.46. The molecule has 0 heterocycles. The Bertz CT molecular complexity index is 433. The van der Waals surface area contributed by atoms with Crippen LogP contribution in [0.4, 0.5) is 13.2 Å². The Morgan fingerprint density at radius 1 is 1.25 bits per heavy atom. The van der Waals surface area contributed by atoms with Crippen LogP contribution in [0.25, 0.3) is 0 Å². The minimum absolute atomic E-state index is 0.0930. The molecule has 112 valence electrons. The van der Waals surface area contributed by atoms with Crippen LogP contribution in [0.5, 0.6) is 0 Å². The Morgan fingerprint density at radius 3 is 2.60 bits per heavy atom. The van der Waals surface area contributed by atoms with Gasteiger partial charge >= 0.3 is 6.18 Å². The van der Waals surface area contributed by atoms with Crippen molar-refractivity contribution in [2.75, 3.05) is 19.8 Å². The van der Waals surface area contributed by atoms with Crippen LogP contribution in [0.3, 0.4) is 0 Å². The van der Waals surface area contributed by atoms with Gasteiger partial charge in [-0.15, -0.1) is 0 Å². The molecule has 1 saturated carbocycles. The topological polar surface area (TPSA) is 21.3 Å². The monoisotopic (exact) mass is 351 g/mol. The Morgan fingerprint density at radius 2 is 1.95 bits per heavy atom. The van der Waals surface area contributed by atoms with Crippen LogP contribution in [0.2, 0.25) is 0 Å². The van der Waals surface area contributed by atoms with Gasteiger partial charge in [-0.3, -0.25) is 0 Å². The number of hydrogen-bond donors (Lipinski definition) is 1. The second kappa shape index (κ2) is 6.91. The van der Waals surface area contributed by atoms with Crippen LogP contribution in [0.1, 0.15) is 24.3 Å². The summed E-state index contributed by atoms with van der Waals surface area (Å²) >= 11 is 3.54. The first-order valence-electron chi connectivity index (χ1n) is 6.58. The van der Waals surface area contributed by atoms with Gasteiger partial charge in [-0.1, -0.05) is 34.1 Å². The fourth-order valence-electron chi connectivity index (χ4n) is 2.37. The Hall–Kier alpha value is -0.590. The van der Waals surface area contributed by atoms with Crippen molar-refractivity contribution in [2.24, 2.45) is 0 Å². The van der Waals surface area contributed by atoms with E-state index in [9.17, 15) is 13.2 Å². The minimum atomic E-state index is -4.23. The number of halogens is 4. The number of hydrogen-bond acceptors (Lipinski definition) is 2. The zero-order valence-corrected chi connectivity index (χ0v) is 12.5. The zero-order chi connectivity index (χ0) is 14.6. The predicted molar refractivity (Wildman–Crippen MR) is 74.8 cm³/mol. The van der Waals surface area contributed by atoms with Crippen LogP contribution in [0, 0.1) is 0 Å². The quantitative estimate of drug-likeness (QED) is 0.785. The van der Waals surface area contributed by atoms with Gasteiger partial charge in [0.1, 0.15) is 6.61 Å². The lowest BCUT2D eigenvalue weighted by Gasteiger charge is -2.37. The maximum atomic E-state index is 11.8. The summed E-state index contributed by atoms with van der Waals surface area (Å²) in [6.07, 6.45) is -2.20. The van der Waals surface area contributed by atoms with Gasteiger partial charge < -0.3 is 10.1 Å². The van der Waals surface area contributed by atoms with E-state index in [1.54, 1.807) is 0 Å². The molecule has 0 spiro atoms. The number of ether oxygens (including phenoxy) is 1. The third-order valence-electron chi connectivity index (χ3n) is 3.43. The molecule has 0 aromatic heterocycles. The number of rotatable bonds is 6. The van der Waals surface area contributed by atoms with Crippen molar-refractivity contribution in [2.45, 2.75) is 31.0 Å². The Balaban J connectivity index is 1.60. The summed E-state index contributed by atoms with van der Waals surface area (Å²) in [7, 11) is 0. The smallest absolute Gasteiger partial charge is 0.371 e. The van der Waals surface area contributed by atoms with E-state index in [2.05, 4.69) is 32.0 Å². The molecular weight excluding hydrogens is 335 g/mol. The normalized spacial score (nSPS) is 22.6. The van der Waals surface area contributed by atoms with Crippen molar-refractivity contribution >= 4 is 15.9 Å². The van der Waals surface area contributed by atoms with Crippen molar-refractivity contribution in [3.05, 3.63) is 34.3 Å². The second-order valence-electron chi connectivity index (χ2n) is 5.01. The van der Waals surface area contributed by atoms with Crippen molar-refractivity contribution in [1.82, 2.24) is 5.32 Å². The molecule has 6 heteroatoms. The zero-order valence-electron chi connectivity index (χ0n) is 10.9. The minimum Gasteiger partial charge on any atom is -0.371 e. The molecule has 0 bridgehead atoms. The third kappa shape index (κ3) is 4.75. The molecule has 1 fully saturated rings. The molecule has 1 N–H and O–H groups in total. The van der Waals surface area contributed by atoms with Crippen LogP contribution in [-0.2, 0) is 4.74 Å². The Labute approximate surface area is 124 Å². The van der Waals surface area contributed by atoms with Gasteiger partial charge in [-0.2, -0.15) is 13.2 Å². The molecule has 2 nitrogen and oxygen atoms in total. The number of nitrogens with one attached hydrogen (secondary N) is 1. The average Bonchev–Trinajstić information content (AvgIpc) is 2.31. The fourth-order valence-corrected chi connectivity index (χ4v) is 2.98. The molecule has 1 aromatic rings. The number of benzene rings is 1. The van der Waals surface area contributed by atoms with E-state index >= 15 is 0 Å². The van der Waals surface area contributed by atoms with Gasteiger partial charge in [0.2, 0.25) is 0 Å². The molecule has 1 aromatic carbocycles. The summed E-state index contributed by atoms with van der Waals surface area (Å²) < 4.78 is 41.2. The summed E-state index contributed by atoms with van der Waals surface area (Å²) in [6.45, 7) is -0.613. The van der Waals surface area contributed by atoms with E-state index in [0.29, 0.717) is 18.5 Å². The van der Waals surface area contributed by atoms with Crippen LogP contribution >= 0.6 is 15.9 Å². The maximum absolute atomic E-state index is 11.8. The lowest BCUT2D eigenvalue weighted by Crippen LogP contribution is -2.41. The lowest BCUT2D eigenvalue weighted by atomic mass is 9.76. The summed E-state index contributed by atoms with van der Waals surface area (Å²) in [5, 5.41) is 3.22.